The van der Waals surface area contributed by atoms with E-state index >= 15 is 0 Å². The second kappa shape index (κ2) is 5.47. The van der Waals surface area contributed by atoms with Gasteiger partial charge in [0.15, 0.2) is 0 Å². The minimum Gasteiger partial charge on any atom is -0.343 e. The first-order chi connectivity index (χ1) is 10.1. The zero-order valence-corrected chi connectivity index (χ0v) is 12.5. The molecule has 0 saturated carbocycles. The van der Waals surface area contributed by atoms with Gasteiger partial charge in [-0.3, -0.25) is 4.79 Å². The van der Waals surface area contributed by atoms with Crippen molar-refractivity contribution in [1.29, 1.82) is 0 Å². The largest absolute Gasteiger partial charge is 0.343 e. The molecule has 1 saturated heterocycles. The van der Waals surface area contributed by atoms with Crippen molar-refractivity contribution in [2.45, 2.75) is 39.2 Å². The summed E-state index contributed by atoms with van der Waals surface area (Å²) in [6.45, 7) is 5.39. The van der Waals surface area contributed by atoms with E-state index in [0.29, 0.717) is 6.42 Å². The third kappa shape index (κ3) is 2.52. The summed E-state index contributed by atoms with van der Waals surface area (Å²) in [5, 5.41) is 0. The molecule has 0 radical (unpaired) electrons. The van der Waals surface area contributed by atoms with Gasteiger partial charge in [0.25, 0.3) is 0 Å². The number of aromatic nitrogens is 2. The highest BCUT2D eigenvalue weighted by atomic mass is 19.1. The first-order valence-corrected chi connectivity index (χ1v) is 7.52. The highest BCUT2D eigenvalue weighted by molar-refractivity contribution is 5.77. The Morgan fingerprint density at radius 1 is 1.38 bits per heavy atom. The van der Waals surface area contributed by atoms with Crippen molar-refractivity contribution < 1.29 is 9.18 Å². The van der Waals surface area contributed by atoms with E-state index in [1.807, 2.05) is 18.7 Å². The summed E-state index contributed by atoms with van der Waals surface area (Å²) in [6, 6.07) is 5.02. The lowest BCUT2D eigenvalue weighted by Gasteiger charge is -2.33. The van der Waals surface area contributed by atoms with Gasteiger partial charge in [-0.25, -0.2) is 9.37 Å². The Balaban J connectivity index is 1.87. The highest BCUT2D eigenvalue weighted by Gasteiger charge is 2.25. The summed E-state index contributed by atoms with van der Waals surface area (Å²) in [7, 11) is 0. The third-order valence-electron chi connectivity index (χ3n) is 4.31. The summed E-state index contributed by atoms with van der Waals surface area (Å²) in [5.41, 5.74) is 1.69. The Bertz CT molecular complexity index is 671. The van der Waals surface area contributed by atoms with E-state index in [4.69, 9.17) is 0 Å². The lowest BCUT2D eigenvalue weighted by Crippen LogP contribution is -2.38. The van der Waals surface area contributed by atoms with E-state index in [9.17, 15) is 9.18 Å². The molecule has 5 heteroatoms. The fraction of sp³-hybridized carbons (Fsp3) is 0.500. The Morgan fingerprint density at radius 2 is 2.10 bits per heavy atom. The molecule has 3 rings (SSSR count). The lowest BCUT2D eigenvalue weighted by molar-refractivity contribution is -0.132. The summed E-state index contributed by atoms with van der Waals surface area (Å²) in [5.74, 6) is 0.893. The van der Waals surface area contributed by atoms with Crippen LogP contribution in [0.15, 0.2) is 18.2 Å². The average molecular weight is 289 g/mol. The third-order valence-corrected chi connectivity index (χ3v) is 4.31. The molecule has 2 aromatic rings. The molecule has 0 bridgehead atoms. The van der Waals surface area contributed by atoms with Crippen LogP contribution in [0.5, 0.6) is 0 Å². The zero-order chi connectivity index (χ0) is 15.0. The molecule has 21 heavy (non-hydrogen) atoms. The van der Waals surface area contributed by atoms with E-state index in [1.54, 1.807) is 12.1 Å². The van der Waals surface area contributed by atoms with Gasteiger partial charge in [-0.1, -0.05) is 6.92 Å². The highest BCUT2D eigenvalue weighted by Crippen LogP contribution is 2.29. The molecule has 4 nitrogen and oxygen atoms in total. The number of imidazole rings is 1. The van der Waals surface area contributed by atoms with Gasteiger partial charge in [0.1, 0.15) is 11.6 Å². The van der Waals surface area contributed by atoms with Crippen LogP contribution in [-0.2, 0) is 4.79 Å². The number of carbonyl (C=O) groups excluding carboxylic acids is 1. The summed E-state index contributed by atoms with van der Waals surface area (Å²) in [6.07, 6.45) is 2.35. The fourth-order valence-corrected chi connectivity index (χ4v) is 3.24. The molecule has 0 aliphatic carbocycles. The zero-order valence-electron chi connectivity index (χ0n) is 12.5. The molecule has 0 unspecified atom stereocenters. The van der Waals surface area contributed by atoms with Crippen LogP contribution in [-0.4, -0.2) is 33.4 Å². The van der Waals surface area contributed by atoms with Crippen LogP contribution in [0.3, 0.4) is 0 Å². The molecule has 0 N–H and O–H groups in total. The van der Waals surface area contributed by atoms with Crippen molar-refractivity contribution in [3.05, 3.63) is 29.8 Å². The first kappa shape index (κ1) is 14.0. The number of amides is 1. The second-order valence-electron chi connectivity index (χ2n) is 5.63. The van der Waals surface area contributed by atoms with Gasteiger partial charge < -0.3 is 9.47 Å². The van der Waals surface area contributed by atoms with Gasteiger partial charge in [0, 0.05) is 25.6 Å². The van der Waals surface area contributed by atoms with Gasteiger partial charge in [0.2, 0.25) is 5.91 Å². The molecule has 112 valence electrons. The molecule has 2 heterocycles. The van der Waals surface area contributed by atoms with Gasteiger partial charge in [0.05, 0.1) is 11.0 Å². The smallest absolute Gasteiger partial charge is 0.222 e. The average Bonchev–Trinajstić information content (AvgIpc) is 2.82. The molecular formula is C16H20FN3O. The maximum atomic E-state index is 13.5. The summed E-state index contributed by atoms with van der Waals surface area (Å²) >= 11 is 0. The molecule has 1 aromatic carbocycles. The Morgan fingerprint density at radius 3 is 2.76 bits per heavy atom. The number of benzene rings is 1. The number of piperidine rings is 1. The molecule has 1 aliphatic heterocycles. The molecule has 0 atom stereocenters. The number of carbonyl (C=O) groups is 1. The topological polar surface area (TPSA) is 38.1 Å². The number of likely N-dealkylation sites (tertiary alicyclic amines) is 1. The molecule has 1 aliphatic rings. The van der Waals surface area contributed by atoms with Crippen LogP contribution < -0.4 is 0 Å². The van der Waals surface area contributed by atoms with E-state index in [1.165, 1.54) is 6.07 Å². The van der Waals surface area contributed by atoms with Crippen LogP contribution in [0.4, 0.5) is 4.39 Å². The van der Waals surface area contributed by atoms with Crippen molar-refractivity contribution in [1.82, 2.24) is 14.5 Å². The van der Waals surface area contributed by atoms with E-state index in [0.717, 1.165) is 42.8 Å². The maximum Gasteiger partial charge on any atom is 0.222 e. The normalized spacial score (nSPS) is 16.6. The van der Waals surface area contributed by atoms with Crippen molar-refractivity contribution >= 4 is 16.9 Å². The number of halogens is 1. The van der Waals surface area contributed by atoms with Crippen LogP contribution in [0.2, 0.25) is 0 Å². The maximum absolute atomic E-state index is 13.5. The van der Waals surface area contributed by atoms with Gasteiger partial charge in [-0.05, 0) is 38.0 Å². The van der Waals surface area contributed by atoms with Crippen LogP contribution in [0.25, 0.3) is 11.0 Å². The minimum absolute atomic E-state index is 0.215. The number of fused-ring (bicyclic) bond motifs is 1. The fourth-order valence-electron chi connectivity index (χ4n) is 3.24. The second-order valence-corrected chi connectivity index (χ2v) is 5.63. The number of aryl methyl sites for hydroxylation is 1. The number of rotatable bonds is 2. The number of hydrogen-bond acceptors (Lipinski definition) is 2. The van der Waals surface area contributed by atoms with E-state index in [-0.39, 0.29) is 17.8 Å². The van der Waals surface area contributed by atoms with Crippen molar-refractivity contribution in [3.8, 4) is 0 Å². The van der Waals surface area contributed by atoms with Crippen molar-refractivity contribution in [3.63, 3.8) is 0 Å². The van der Waals surface area contributed by atoms with Crippen molar-refractivity contribution in [2.75, 3.05) is 13.1 Å². The number of nitrogens with zero attached hydrogens (tertiary/aromatic N) is 3. The molecule has 1 amide bonds. The molecular weight excluding hydrogens is 269 g/mol. The van der Waals surface area contributed by atoms with E-state index in [2.05, 4.69) is 9.55 Å². The van der Waals surface area contributed by atoms with Crippen LogP contribution in [0.1, 0.15) is 38.1 Å². The predicted octanol–water partition coefficient (Wildman–Crippen LogP) is 3.06. The van der Waals surface area contributed by atoms with Crippen molar-refractivity contribution in [2.24, 2.45) is 0 Å². The summed E-state index contributed by atoms with van der Waals surface area (Å²) in [4.78, 5) is 18.2. The van der Waals surface area contributed by atoms with Gasteiger partial charge in [-0.15, -0.1) is 0 Å². The van der Waals surface area contributed by atoms with Crippen LogP contribution >= 0.6 is 0 Å². The monoisotopic (exact) mass is 289 g/mol. The lowest BCUT2D eigenvalue weighted by atomic mass is 10.0. The number of hydrogen-bond donors (Lipinski definition) is 0. The molecule has 1 aromatic heterocycles. The van der Waals surface area contributed by atoms with Crippen LogP contribution in [0, 0.1) is 12.7 Å². The Labute approximate surface area is 123 Å². The quantitative estimate of drug-likeness (QED) is 0.852. The standard InChI is InChI=1S/C16H20FN3O/c1-3-16(21)19-8-6-13(7-9-19)20-11(2)18-14-5-4-12(17)10-15(14)20/h4-5,10,13H,3,6-9H2,1-2H3. The Kier molecular flexibility index (Phi) is 3.66. The van der Waals surface area contributed by atoms with Gasteiger partial charge in [-0.2, -0.15) is 0 Å². The summed E-state index contributed by atoms with van der Waals surface area (Å²) < 4.78 is 15.6. The Hall–Kier alpha value is -1.91. The SMILES string of the molecule is CCC(=O)N1CCC(n2c(C)nc3ccc(F)cc32)CC1. The van der Waals surface area contributed by atoms with Gasteiger partial charge >= 0.3 is 0 Å². The minimum atomic E-state index is -0.234. The van der Waals surface area contributed by atoms with E-state index < -0.39 is 0 Å². The molecule has 1 fully saturated rings. The predicted molar refractivity (Wildman–Crippen MR) is 79.6 cm³/mol. The molecule has 0 spiro atoms. The first-order valence-electron chi connectivity index (χ1n) is 7.52.